The second-order valence-electron chi connectivity index (χ2n) is 11.4. The molecule has 220 valence electrons. The number of nitrogens with zero attached hydrogens (tertiary/aromatic N) is 6. The lowest BCUT2D eigenvalue weighted by Gasteiger charge is -2.56. The third-order valence-electron chi connectivity index (χ3n) is 7.87. The van der Waals surface area contributed by atoms with Crippen molar-refractivity contribution in [3.05, 3.63) is 76.7 Å². The van der Waals surface area contributed by atoms with Crippen LogP contribution in [0.2, 0.25) is 0 Å². The van der Waals surface area contributed by atoms with Gasteiger partial charge in [0.15, 0.2) is 23.3 Å². The predicted octanol–water partition coefficient (Wildman–Crippen LogP) is 4.42. The monoisotopic (exact) mass is 590 g/mol. The molecule has 0 amide bonds. The molecule has 0 aliphatic carbocycles. The van der Waals surface area contributed by atoms with E-state index in [1.807, 2.05) is 21.9 Å². The Balaban J connectivity index is 1.21. The highest BCUT2D eigenvalue weighted by Gasteiger charge is 2.45. The zero-order chi connectivity index (χ0) is 30.6. The summed E-state index contributed by atoms with van der Waals surface area (Å²) in [5, 5.41) is 24.0. The number of terminal acetylenes is 1. The lowest BCUT2D eigenvalue weighted by atomic mass is 9.86. The van der Waals surface area contributed by atoms with E-state index >= 15 is 0 Å². The minimum absolute atomic E-state index is 0.0508. The molecule has 12 heteroatoms. The maximum absolute atomic E-state index is 14.6. The maximum atomic E-state index is 14.6. The Morgan fingerprint density at radius 1 is 1.09 bits per heavy atom. The number of fused-ring (bicyclic) bond motifs is 3. The van der Waals surface area contributed by atoms with Crippen LogP contribution in [0.15, 0.2) is 36.8 Å². The minimum atomic E-state index is -1.56. The van der Waals surface area contributed by atoms with Crippen LogP contribution in [-0.2, 0) is 6.54 Å². The van der Waals surface area contributed by atoms with Gasteiger partial charge in [-0.15, -0.1) is 6.42 Å². The molecular formula is C31H26F4N6O2. The number of piperidine rings is 1. The summed E-state index contributed by atoms with van der Waals surface area (Å²) >= 11 is 0. The molecule has 2 atom stereocenters. The summed E-state index contributed by atoms with van der Waals surface area (Å²) < 4.78 is 65.0. The highest BCUT2D eigenvalue weighted by atomic mass is 19.2. The van der Waals surface area contributed by atoms with E-state index in [1.165, 1.54) is 6.20 Å². The Bertz CT molecular complexity index is 1780. The molecule has 0 spiro atoms. The number of ether oxygens (including phenoxy) is 1. The van der Waals surface area contributed by atoms with Gasteiger partial charge in [-0.1, -0.05) is 5.92 Å². The summed E-state index contributed by atoms with van der Waals surface area (Å²) in [6.07, 6.45) is 10.6. The number of piperazine rings is 1. The van der Waals surface area contributed by atoms with Gasteiger partial charge in [0.2, 0.25) is 0 Å². The normalized spacial score (nSPS) is 18.3. The SMILES string of the molecule is C#Cc1c(F)c(F)c(CN2C3CC2CN(c2ccc(-c4cc(OCC(C)(C)O)cn5ncc(C#N)c45)cn2)C3)c(F)c1F. The van der Waals surface area contributed by atoms with Crippen LogP contribution in [0.3, 0.4) is 0 Å². The third kappa shape index (κ3) is 5.03. The Hall–Kier alpha value is -4.65. The van der Waals surface area contributed by atoms with Gasteiger partial charge in [0, 0.05) is 54.6 Å². The fourth-order valence-corrected chi connectivity index (χ4v) is 5.73. The first kappa shape index (κ1) is 28.5. The van der Waals surface area contributed by atoms with Gasteiger partial charge in [-0.2, -0.15) is 10.4 Å². The average Bonchev–Trinajstić information content (AvgIpc) is 3.42. The first-order chi connectivity index (χ1) is 20.5. The smallest absolute Gasteiger partial charge is 0.177 e. The fourth-order valence-electron chi connectivity index (χ4n) is 5.73. The molecule has 1 aromatic carbocycles. The van der Waals surface area contributed by atoms with E-state index in [0.29, 0.717) is 46.9 Å². The molecule has 4 aromatic rings. The van der Waals surface area contributed by atoms with Crippen molar-refractivity contribution in [3.63, 3.8) is 0 Å². The van der Waals surface area contributed by atoms with E-state index in [1.54, 1.807) is 42.7 Å². The number of aliphatic hydroxyl groups is 1. The van der Waals surface area contributed by atoms with Crippen LogP contribution in [0.4, 0.5) is 23.4 Å². The molecule has 3 aromatic heterocycles. The van der Waals surface area contributed by atoms with Crippen LogP contribution in [-0.4, -0.2) is 62.0 Å². The molecule has 3 saturated heterocycles. The molecule has 7 rings (SSSR count). The van der Waals surface area contributed by atoms with E-state index in [0.717, 1.165) is 6.42 Å². The van der Waals surface area contributed by atoms with E-state index < -0.39 is 40.0 Å². The number of halogens is 4. The van der Waals surface area contributed by atoms with Crippen molar-refractivity contribution >= 4 is 11.3 Å². The largest absolute Gasteiger partial charge is 0.489 e. The second kappa shape index (κ2) is 10.6. The zero-order valence-corrected chi connectivity index (χ0v) is 23.3. The van der Waals surface area contributed by atoms with Gasteiger partial charge in [-0.05, 0) is 38.5 Å². The Morgan fingerprint density at radius 2 is 1.79 bits per heavy atom. The standard InChI is InChI=1S/C31H26F4N6O2/c1-4-22-26(32)28(34)24(29(35)27(22)33)15-40-19-7-20(40)13-39(12-19)25-6-5-17(10-37-25)23-8-21(43-16-31(2,3)42)14-41-30(23)18(9-36)11-38-41/h1,5-6,8,10-11,14,19-20,42H,7,12-13,15-16H2,2-3H3. The van der Waals surface area contributed by atoms with Crippen LogP contribution in [0, 0.1) is 46.9 Å². The summed E-state index contributed by atoms with van der Waals surface area (Å²) in [4.78, 5) is 8.53. The summed E-state index contributed by atoms with van der Waals surface area (Å²) in [6, 6.07) is 7.46. The summed E-state index contributed by atoms with van der Waals surface area (Å²) in [7, 11) is 0. The molecular weight excluding hydrogens is 564 g/mol. The van der Waals surface area contributed by atoms with Gasteiger partial charge in [-0.3, -0.25) is 4.90 Å². The first-order valence-corrected chi connectivity index (χ1v) is 13.5. The number of anilines is 1. The van der Waals surface area contributed by atoms with Gasteiger partial charge >= 0.3 is 0 Å². The molecule has 3 aliphatic heterocycles. The van der Waals surface area contributed by atoms with Crippen molar-refractivity contribution in [2.45, 2.75) is 44.5 Å². The quantitative estimate of drug-likeness (QED) is 0.194. The van der Waals surface area contributed by atoms with Crippen molar-refractivity contribution in [3.8, 4) is 35.3 Å². The average molecular weight is 591 g/mol. The summed E-state index contributed by atoms with van der Waals surface area (Å²) in [5.74, 6) is -3.24. The van der Waals surface area contributed by atoms with Gasteiger partial charge in [0.25, 0.3) is 0 Å². The summed E-state index contributed by atoms with van der Waals surface area (Å²) in [5.41, 5.74) is -0.407. The van der Waals surface area contributed by atoms with Crippen LogP contribution >= 0.6 is 0 Å². The first-order valence-electron chi connectivity index (χ1n) is 13.5. The number of aromatic nitrogens is 3. The maximum Gasteiger partial charge on any atom is 0.177 e. The van der Waals surface area contributed by atoms with Gasteiger partial charge in [0.05, 0.1) is 29.1 Å². The number of hydrogen-bond donors (Lipinski definition) is 1. The van der Waals surface area contributed by atoms with Crippen LogP contribution in [0.25, 0.3) is 16.6 Å². The highest BCUT2D eigenvalue weighted by Crippen LogP contribution is 2.38. The highest BCUT2D eigenvalue weighted by molar-refractivity contribution is 5.85. The Labute approximate surface area is 244 Å². The third-order valence-corrected chi connectivity index (χ3v) is 7.87. The van der Waals surface area contributed by atoms with E-state index in [4.69, 9.17) is 11.2 Å². The van der Waals surface area contributed by atoms with Gasteiger partial charge < -0.3 is 14.7 Å². The van der Waals surface area contributed by atoms with Crippen LogP contribution < -0.4 is 9.64 Å². The predicted molar refractivity (Wildman–Crippen MR) is 149 cm³/mol. The van der Waals surface area contributed by atoms with Crippen molar-refractivity contribution < 1.29 is 27.4 Å². The topological polar surface area (TPSA) is 89.9 Å². The number of rotatable bonds is 7. The molecule has 43 heavy (non-hydrogen) atoms. The summed E-state index contributed by atoms with van der Waals surface area (Å²) in [6.45, 7) is 4.05. The number of pyridine rings is 2. The van der Waals surface area contributed by atoms with Crippen molar-refractivity contribution in [1.82, 2.24) is 19.5 Å². The van der Waals surface area contributed by atoms with Gasteiger partial charge in [0.1, 0.15) is 29.8 Å². The Kier molecular flexibility index (Phi) is 6.99. The lowest BCUT2D eigenvalue weighted by molar-refractivity contribution is -0.0106. The Morgan fingerprint density at radius 3 is 2.37 bits per heavy atom. The zero-order valence-electron chi connectivity index (χ0n) is 23.3. The molecule has 2 unspecified atom stereocenters. The molecule has 1 N–H and O–H groups in total. The number of hydrogen-bond acceptors (Lipinski definition) is 7. The molecule has 2 bridgehead atoms. The van der Waals surface area contributed by atoms with Crippen LogP contribution in [0.1, 0.15) is 37.0 Å². The van der Waals surface area contributed by atoms with E-state index in [9.17, 15) is 27.9 Å². The van der Waals surface area contributed by atoms with E-state index in [2.05, 4.69) is 16.2 Å². The molecule has 3 aliphatic rings. The van der Waals surface area contributed by atoms with Crippen molar-refractivity contribution in [1.29, 1.82) is 5.26 Å². The van der Waals surface area contributed by atoms with Crippen LogP contribution in [0.5, 0.6) is 5.75 Å². The fraction of sp³-hybridized carbons (Fsp3) is 0.323. The molecule has 0 saturated carbocycles. The second-order valence-corrected chi connectivity index (χ2v) is 11.4. The number of nitriles is 1. The molecule has 3 fully saturated rings. The van der Waals surface area contributed by atoms with E-state index in [-0.39, 0.29) is 25.2 Å². The van der Waals surface area contributed by atoms with Crippen molar-refractivity contribution in [2.24, 2.45) is 0 Å². The minimum Gasteiger partial charge on any atom is -0.489 e. The molecule has 0 radical (unpaired) electrons. The number of benzene rings is 1. The molecule has 6 heterocycles. The molecule has 8 nitrogen and oxygen atoms in total. The lowest BCUT2D eigenvalue weighted by Crippen LogP contribution is -2.68. The van der Waals surface area contributed by atoms with Gasteiger partial charge in [-0.25, -0.2) is 27.1 Å². The van der Waals surface area contributed by atoms with Crippen molar-refractivity contribution in [2.75, 3.05) is 24.6 Å².